The monoisotopic (exact) mass is 441 g/mol. The van der Waals surface area contributed by atoms with Crippen molar-refractivity contribution in [2.24, 2.45) is 0 Å². The molecule has 0 atom stereocenters. The van der Waals surface area contributed by atoms with Gasteiger partial charge in [0, 0.05) is 25.8 Å². The Labute approximate surface area is 174 Å². The van der Waals surface area contributed by atoms with Crippen molar-refractivity contribution in [1.29, 1.82) is 0 Å². The number of benzene rings is 1. The lowest BCUT2D eigenvalue weighted by Crippen LogP contribution is -2.65. The minimum atomic E-state index is -3.30. The van der Waals surface area contributed by atoms with Crippen molar-refractivity contribution < 1.29 is 13.2 Å². The highest BCUT2D eigenvalue weighted by molar-refractivity contribution is 7.89. The summed E-state index contributed by atoms with van der Waals surface area (Å²) < 4.78 is 26.2. The Kier molecular flexibility index (Phi) is 6.29. The lowest BCUT2D eigenvalue weighted by Gasteiger charge is -2.48. The number of rotatable bonds is 7. The maximum absolute atomic E-state index is 12.6. The first-order valence-electron chi connectivity index (χ1n) is 8.90. The summed E-state index contributed by atoms with van der Waals surface area (Å²) in [6.45, 7) is 2.62. The van der Waals surface area contributed by atoms with Crippen LogP contribution >= 0.6 is 23.2 Å². The molecule has 0 aliphatic carbocycles. The minimum absolute atomic E-state index is 0.107. The summed E-state index contributed by atoms with van der Waals surface area (Å²) in [5.41, 5.74) is 0.443. The fourth-order valence-corrected chi connectivity index (χ4v) is 5.33. The van der Waals surface area contributed by atoms with E-state index in [4.69, 9.17) is 23.2 Å². The van der Waals surface area contributed by atoms with Gasteiger partial charge >= 0.3 is 0 Å². The summed E-state index contributed by atoms with van der Waals surface area (Å²) >= 11 is 12.1. The molecule has 1 aromatic heterocycles. The van der Waals surface area contributed by atoms with Crippen molar-refractivity contribution >= 4 is 39.1 Å². The average molecular weight is 442 g/mol. The smallest absolute Gasteiger partial charge is 0.252 e. The van der Waals surface area contributed by atoms with Crippen molar-refractivity contribution in [2.75, 3.05) is 25.4 Å². The van der Waals surface area contributed by atoms with Gasteiger partial charge in [0.25, 0.3) is 5.91 Å². The third-order valence-corrected chi connectivity index (χ3v) is 7.59. The summed E-state index contributed by atoms with van der Waals surface area (Å²) in [4.78, 5) is 17.0. The van der Waals surface area contributed by atoms with E-state index in [9.17, 15) is 13.2 Å². The fourth-order valence-electron chi connectivity index (χ4n) is 3.28. The van der Waals surface area contributed by atoms with Crippen LogP contribution in [0.3, 0.4) is 0 Å². The molecule has 0 spiro atoms. The third-order valence-electron chi connectivity index (χ3n) is 4.81. The summed E-state index contributed by atoms with van der Waals surface area (Å²) in [7, 11) is -3.30. The van der Waals surface area contributed by atoms with E-state index in [1.165, 1.54) is 4.31 Å². The van der Waals surface area contributed by atoms with Crippen molar-refractivity contribution in [2.45, 2.75) is 18.8 Å². The van der Waals surface area contributed by atoms with E-state index in [1.807, 2.05) is 19.1 Å². The van der Waals surface area contributed by atoms with Crippen LogP contribution in [0.1, 0.15) is 29.4 Å². The number of sulfonamides is 1. The van der Waals surface area contributed by atoms with E-state index >= 15 is 0 Å². The molecule has 1 fully saturated rings. The molecule has 9 heteroatoms. The molecule has 1 N–H and O–H groups in total. The zero-order valence-electron chi connectivity index (χ0n) is 15.4. The Morgan fingerprint density at radius 1 is 1.21 bits per heavy atom. The predicted octanol–water partition coefficient (Wildman–Crippen LogP) is 3.11. The van der Waals surface area contributed by atoms with Gasteiger partial charge in [0.2, 0.25) is 10.0 Å². The number of carbonyl (C=O) groups is 1. The van der Waals surface area contributed by atoms with Crippen LogP contribution in [0.2, 0.25) is 10.0 Å². The number of pyridine rings is 1. The van der Waals surface area contributed by atoms with Gasteiger partial charge in [0.05, 0.1) is 32.5 Å². The maximum Gasteiger partial charge on any atom is 0.252 e. The number of aromatic nitrogens is 1. The van der Waals surface area contributed by atoms with Crippen LogP contribution < -0.4 is 5.32 Å². The molecule has 1 saturated heterocycles. The third kappa shape index (κ3) is 4.17. The number of nitrogens with zero attached hydrogens (tertiary/aromatic N) is 2. The zero-order chi connectivity index (χ0) is 20.4. The first kappa shape index (κ1) is 21.0. The van der Waals surface area contributed by atoms with E-state index < -0.39 is 15.4 Å². The second kappa shape index (κ2) is 8.37. The highest BCUT2D eigenvalue weighted by Gasteiger charge is 2.50. The largest absolute Gasteiger partial charge is 0.351 e. The Hall–Kier alpha value is -1.67. The van der Waals surface area contributed by atoms with E-state index in [2.05, 4.69) is 10.3 Å². The SMILES string of the molecule is CCCS(=O)(=O)N1CC(CNC(=O)c2cccc(Cl)c2Cl)(c2ccccn2)C1. The molecule has 0 bridgehead atoms. The summed E-state index contributed by atoms with van der Waals surface area (Å²) in [6.07, 6.45) is 2.22. The molecule has 28 heavy (non-hydrogen) atoms. The number of hydrogen-bond donors (Lipinski definition) is 1. The predicted molar refractivity (Wildman–Crippen MR) is 110 cm³/mol. The van der Waals surface area contributed by atoms with Gasteiger partial charge in [-0.1, -0.05) is 42.3 Å². The first-order valence-corrected chi connectivity index (χ1v) is 11.3. The number of hydrogen-bond acceptors (Lipinski definition) is 4. The molecule has 2 heterocycles. The Bertz CT molecular complexity index is 962. The lowest BCUT2D eigenvalue weighted by atomic mass is 9.78. The van der Waals surface area contributed by atoms with E-state index in [0.717, 1.165) is 5.69 Å². The molecule has 2 aromatic rings. The topological polar surface area (TPSA) is 79.4 Å². The molecule has 150 valence electrons. The van der Waals surface area contributed by atoms with E-state index in [-0.39, 0.29) is 41.9 Å². The second-order valence-corrected chi connectivity index (χ2v) is 9.74. The van der Waals surface area contributed by atoms with Crippen molar-refractivity contribution in [3.05, 3.63) is 63.9 Å². The number of halogens is 2. The first-order chi connectivity index (χ1) is 13.3. The van der Waals surface area contributed by atoms with E-state index in [0.29, 0.717) is 11.4 Å². The van der Waals surface area contributed by atoms with Crippen molar-refractivity contribution in [3.8, 4) is 0 Å². The summed E-state index contributed by atoms with van der Waals surface area (Å²) in [5, 5.41) is 3.36. The zero-order valence-corrected chi connectivity index (χ0v) is 17.7. The average Bonchev–Trinajstić information content (AvgIpc) is 2.63. The van der Waals surface area contributed by atoms with Crippen LogP contribution in [0.25, 0.3) is 0 Å². The standard InChI is InChI=1S/C19H21Cl2N3O3S/c1-2-10-28(26,27)24-12-19(13-24,16-8-3-4-9-22-16)11-23-18(25)14-6-5-7-15(20)17(14)21/h3-9H,2,10-13H2,1H3,(H,23,25). The maximum atomic E-state index is 12.6. The molecule has 1 amide bonds. The molecule has 0 saturated carbocycles. The van der Waals surface area contributed by atoms with Crippen LogP contribution in [-0.2, 0) is 15.4 Å². The van der Waals surface area contributed by atoms with Gasteiger partial charge in [-0.3, -0.25) is 9.78 Å². The van der Waals surface area contributed by atoms with Crippen LogP contribution in [0, 0.1) is 0 Å². The van der Waals surface area contributed by atoms with Crippen LogP contribution in [0.5, 0.6) is 0 Å². The molecule has 6 nitrogen and oxygen atoms in total. The quantitative estimate of drug-likeness (QED) is 0.715. The molecule has 1 aliphatic heterocycles. The van der Waals surface area contributed by atoms with E-state index in [1.54, 1.807) is 30.5 Å². The van der Waals surface area contributed by atoms with Gasteiger partial charge < -0.3 is 5.32 Å². The number of carbonyl (C=O) groups excluding carboxylic acids is 1. The van der Waals surface area contributed by atoms with Gasteiger partial charge in [-0.05, 0) is 30.7 Å². The highest BCUT2D eigenvalue weighted by Crippen LogP contribution is 2.35. The summed E-state index contributed by atoms with van der Waals surface area (Å²) in [5.74, 6) is -0.256. The van der Waals surface area contributed by atoms with Crippen LogP contribution in [0.15, 0.2) is 42.6 Å². The molecule has 3 rings (SSSR count). The van der Waals surface area contributed by atoms with Crippen LogP contribution in [-0.4, -0.2) is 49.0 Å². The molecular weight excluding hydrogens is 421 g/mol. The van der Waals surface area contributed by atoms with Crippen molar-refractivity contribution in [1.82, 2.24) is 14.6 Å². The molecular formula is C19H21Cl2N3O3S. The molecule has 1 aliphatic rings. The molecule has 0 unspecified atom stereocenters. The van der Waals surface area contributed by atoms with Crippen molar-refractivity contribution in [3.63, 3.8) is 0 Å². The van der Waals surface area contributed by atoms with Gasteiger partial charge in [0.1, 0.15) is 0 Å². The highest BCUT2D eigenvalue weighted by atomic mass is 35.5. The van der Waals surface area contributed by atoms with Gasteiger partial charge in [-0.25, -0.2) is 8.42 Å². The Balaban J connectivity index is 1.79. The minimum Gasteiger partial charge on any atom is -0.351 e. The Morgan fingerprint density at radius 2 is 1.96 bits per heavy atom. The molecule has 1 aromatic carbocycles. The summed E-state index contributed by atoms with van der Waals surface area (Å²) in [6, 6.07) is 10.4. The van der Waals surface area contributed by atoms with Gasteiger partial charge in [-0.2, -0.15) is 4.31 Å². The molecule has 0 radical (unpaired) electrons. The van der Waals surface area contributed by atoms with Gasteiger partial charge in [-0.15, -0.1) is 0 Å². The second-order valence-electron chi connectivity index (χ2n) is 6.86. The fraction of sp³-hybridized carbons (Fsp3) is 0.368. The van der Waals surface area contributed by atoms with Crippen LogP contribution in [0.4, 0.5) is 0 Å². The number of nitrogens with one attached hydrogen (secondary N) is 1. The normalized spacial score (nSPS) is 16.4. The number of amides is 1. The Morgan fingerprint density at radius 3 is 2.61 bits per heavy atom. The lowest BCUT2D eigenvalue weighted by molar-refractivity contribution is 0.0900. The van der Waals surface area contributed by atoms with Gasteiger partial charge in [0.15, 0.2) is 0 Å².